The molecule has 19 heavy (non-hydrogen) atoms. The number of carbonyl (C=O) groups is 2. The molecule has 2 fully saturated rings. The number of rotatable bonds is 3. The summed E-state index contributed by atoms with van der Waals surface area (Å²) in [5, 5.41) is 9.85. The third-order valence-corrected chi connectivity index (χ3v) is 3.59. The molecule has 6 nitrogen and oxygen atoms in total. The van der Waals surface area contributed by atoms with Crippen LogP contribution in [0.2, 0.25) is 0 Å². The fourth-order valence-electron chi connectivity index (χ4n) is 2.64. The molecule has 0 aromatic rings. The number of nitrogens with zero attached hydrogens (tertiary/aromatic N) is 2. The first kappa shape index (κ1) is 13.9. The molecule has 0 bridgehead atoms. The summed E-state index contributed by atoms with van der Waals surface area (Å²) in [6.45, 7) is 5.01. The summed E-state index contributed by atoms with van der Waals surface area (Å²) in [7, 11) is 0. The topological polar surface area (TPSA) is 70.1 Å². The van der Waals surface area contributed by atoms with Crippen molar-refractivity contribution in [2.75, 3.05) is 19.7 Å². The van der Waals surface area contributed by atoms with E-state index in [9.17, 15) is 14.7 Å². The van der Waals surface area contributed by atoms with Gasteiger partial charge in [-0.15, -0.1) is 0 Å². The lowest BCUT2D eigenvalue weighted by molar-refractivity contribution is -0.136. The van der Waals surface area contributed by atoms with Crippen molar-refractivity contribution in [2.45, 2.75) is 38.0 Å². The highest BCUT2D eigenvalue weighted by molar-refractivity contribution is 5.86. The minimum atomic E-state index is -0.936. The average molecular weight is 268 g/mol. The lowest BCUT2D eigenvalue weighted by Gasteiger charge is -2.28. The number of hydrogen-bond donors (Lipinski definition) is 1. The number of carbonyl (C=O) groups excluding carboxylic acids is 2. The lowest BCUT2D eigenvalue weighted by Crippen LogP contribution is -2.49. The Balaban J connectivity index is 2.03. The molecule has 2 amide bonds. The molecule has 2 heterocycles. The zero-order valence-electron chi connectivity index (χ0n) is 11.0. The van der Waals surface area contributed by atoms with Crippen LogP contribution in [0.4, 0.5) is 4.79 Å². The predicted molar refractivity (Wildman–Crippen MR) is 68.2 cm³/mol. The van der Waals surface area contributed by atoms with E-state index in [0.717, 1.165) is 30.8 Å². The maximum Gasteiger partial charge on any atom is 0.412 e. The molecule has 0 aromatic heterocycles. The second kappa shape index (κ2) is 6.06. The van der Waals surface area contributed by atoms with Crippen LogP contribution in [0.5, 0.6) is 0 Å². The van der Waals surface area contributed by atoms with Gasteiger partial charge in [-0.25, -0.2) is 4.79 Å². The Hall–Kier alpha value is -1.56. The molecule has 0 spiro atoms. The number of hydrogen-bond acceptors (Lipinski definition) is 4. The highest BCUT2D eigenvalue weighted by Gasteiger charge is 2.42. The van der Waals surface area contributed by atoms with E-state index < -0.39 is 18.4 Å². The minimum absolute atomic E-state index is 0.0761. The van der Waals surface area contributed by atoms with Crippen molar-refractivity contribution in [3.63, 3.8) is 0 Å². The summed E-state index contributed by atoms with van der Waals surface area (Å²) in [4.78, 5) is 27.1. The molecule has 0 aromatic carbocycles. The molecule has 2 saturated heterocycles. The normalized spacial score (nSPS) is 26.6. The van der Waals surface area contributed by atoms with E-state index >= 15 is 0 Å². The van der Waals surface area contributed by atoms with Gasteiger partial charge in [0.1, 0.15) is 18.9 Å². The number of amides is 2. The van der Waals surface area contributed by atoms with Gasteiger partial charge in [0, 0.05) is 13.1 Å². The van der Waals surface area contributed by atoms with E-state index in [1.807, 2.05) is 0 Å². The van der Waals surface area contributed by atoms with Crippen LogP contribution < -0.4 is 0 Å². The molecule has 2 unspecified atom stereocenters. The Morgan fingerprint density at radius 3 is 2.63 bits per heavy atom. The molecular weight excluding hydrogens is 248 g/mol. The number of ether oxygens (including phenoxy) is 1. The molecule has 106 valence electrons. The number of aliphatic hydroxyl groups excluding tert-OH is 1. The first-order valence-corrected chi connectivity index (χ1v) is 6.68. The van der Waals surface area contributed by atoms with E-state index in [1.165, 1.54) is 6.08 Å². The highest BCUT2D eigenvalue weighted by Crippen LogP contribution is 2.26. The van der Waals surface area contributed by atoms with Crippen molar-refractivity contribution < 1.29 is 19.4 Å². The van der Waals surface area contributed by atoms with Crippen LogP contribution in [-0.2, 0) is 9.53 Å². The highest BCUT2D eigenvalue weighted by atomic mass is 16.6. The fourth-order valence-corrected chi connectivity index (χ4v) is 2.64. The Morgan fingerprint density at radius 2 is 2.00 bits per heavy atom. The van der Waals surface area contributed by atoms with Gasteiger partial charge >= 0.3 is 6.09 Å². The quantitative estimate of drug-likeness (QED) is 0.765. The first-order chi connectivity index (χ1) is 9.15. The predicted octanol–water partition coefficient (Wildman–Crippen LogP) is 0.714. The van der Waals surface area contributed by atoms with Crippen molar-refractivity contribution in [1.29, 1.82) is 0 Å². The van der Waals surface area contributed by atoms with Gasteiger partial charge in [-0.1, -0.05) is 12.7 Å². The summed E-state index contributed by atoms with van der Waals surface area (Å²) in [6.07, 6.45) is 2.77. The molecule has 1 N–H and O–H groups in total. The van der Waals surface area contributed by atoms with Crippen molar-refractivity contribution in [3.05, 3.63) is 12.7 Å². The van der Waals surface area contributed by atoms with Crippen LogP contribution in [0.3, 0.4) is 0 Å². The average Bonchev–Trinajstić information content (AvgIpc) is 3.04. The van der Waals surface area contributed by atoms with E-state index in [2.05, 4.69) is 6.58 Å². The van der Waals surface area contributed by atoms with Gasteiger partial charge in [0.15, 0.2) is 0 Å². The van der Waals surface area contributed by atoms with Gasteiger partial charge in [0.05, 0.1) is 0 Å². The number of aliphatic hydroxyl groups is 1. The molecule has 2 rings (SSSR count). The summed E-state index contributed by atoms with van der Waals surface area (Å²) in [6, 6.07) is -0.592. The Morgan fingerprint density at radius 1 is 1.32 bits per heavy atom. The van der Waals surface area contributed by atoms with Gasteiger partial charge in [0.25, 0.3) is 0 Å². The van der Waals surface area contributed by atoms with Crippen LogP contribution in [0.15, 0.2) is 12.7 Å². The van der Waals surface area contributed by atoms with Gasteiger partial charge in [-0.05, 0) is 25.7 Å². The Bertz CT molecular complexity index is 366. The molecule has 2 aliphatic heterocycles. The van der Waals surface area contributed by atoms with E-state index in [-0.39, 0.29) is 12.5 Å². The van der Waals surface area contributed by atoms with Gasteiger partial charge in [-0.3, -0.25) is 9.69 Å². The maximum absolute atomic E-state index is 12.3. The van der Waals surface area contributed by atoms with E-state index in [0.29, 0.717) is 12.8 Å². The van der Waals surface area contributed by atoms with Crippen molar-refractivity contribution in [3.8, 4) is 0 Å². The molecule has 6 heteroatoms. The molecule has 2 aliphatic rings. The zero-order valence-corrected chi connectivity index (χ0v) is 11.0. The molecule has 0 aliphatic carbocycles. The van der Waals surface area contributed by atoms with Gasteiger partial charge in [-0.2, -0.15) is 0 Å². The van der Waals surface area contributed by atoms with Crippen LogP contribution in [0, 0.1) is 0 Å². The Kier molecular flexibility index (Phi) is 4.42. The number of likely N-dealkylation sites (tertiary alicyclic amines) is 2. The smallest absolute Gasteiger partial charge is 0.412 e. The lowest BCUT2D eigenvalue weighted by atomic mass is 10.2. The second-order valence-corrected chi connectivity index (χ2v) is 4.88. The summed E-state index contributed by atoms with van der Waals surface area (Å²) < 4.78 is 4.93. The van der Waals surface area contributed by atoms with Crippen molar-refractivity contribution >= 4 is 12.0 Å². The first-order valence-electron chi connectivity index (χ1n) is 6.68. The Labute approximate surface area is 112 Å². The summed E-state index contributed by atoms with van der Waals surface area (Å²) in [5.74, 6) is -0.0791. The van der Waals surface area contributed by atoms with Crippen LogP contribution >= 0.6 is 0 Å². The van der Waals surface area contributed by atoms with Gasteiger partial charge in [0.2, 0.25) is 5.91 Å². The van der Waals surface area contributed by atoms with Crippen LogP contribution in [-0.4, -0.2) is 58.9 Å². The standard InChI is InChI=1S/C13H20N2O4/c1-2-9-19-13(18)15-10(5-6-11(15)16)12(17)14-7-3-4-8-14/h2,10-11,16H,1,3-9H2. The third-order valence-electron chi connectivity index (χ3n) is 3.59. The minimum Gasteiger partial charge on any atom is -0.445 e. The SMILES string of the molecule is C=CCOC(=O)N1C(O)CCC1C(=O)N1CCCC1. The second-order valence-electron chi connectivity index (χ2n) is 4.88. The molecule has 0 radical (unpaired) electrons. The molecular formula is C13H20N2O4. The zero-order chi connectivity index (χ0) is 13.8. The van der Waals surface area contributed by atoms with Crippen LogP contribution in [0.25, 0.3) is 0 Å². The largest absolute Gasteiger partial charge is 0.445 e. The van der Waals surface area contributed by atoms with Crippen molar-refractivity contribution in [1.82, 2.24) is 9.80 Å². The monoisotopic (exact) mass is 268 g/mol. The van der Waals surface area contributed by atoms with Crippen molar-refractivity contribution in [2.24, 2.45) is 0 Å². The fraction of sp³-hybridized carbons (Fsp3) is 0.692. The third kappa shape index (κ3) is 2.89. The van der Waals surface area contributed by atoms with E-state index in [1.54, 1.807) is 4.90 Å². The molecule has 0 saturated carbocycles. The molecule has 2 atom stereocenters. The van der Waals surface area contributed by atoms with Gasteiger partial charge < -0.3 is 14.7 Å². The van der Waals surface area contributed by atoms with E-state index in [4.69, 9.17) is 4.74 Å². The maximum atomic E-state index is 12.3. The van der Waals surface area contributed by atoms with Crippen LogP contribution in [0.1, 0.15) is 25.7 Å². The summed E-state index contributed by atoms with van der Waals surface area (Å²) in [5.41, 5.74) is 0. The summed E-state index contributed by atoms with van der Waals surface area (Å²) >= 11 is 0.